The maximum atomic E-state index is 12.1. The minimum atomic E-state index is -0.115. The molecule has 0 aliphatic carbocycles. The average molecular weight is 212 g/mol. The highest BCUT2D eigenvalue weighted by Crippen LogP contribution is 2.22. The Hall–Kier alpha value is -0.610. The van der Waals surface area contributed by atoms with Crippen LogP contribution in [-0.4, -0.2) is 49.7 Å². The molecule has 0 aromatic rings. The highest BCUT2D eigenvalue weighted by molar-refractivity contribution is 5.82. The van der Waals surface area contributed by atoms with E-state index < -0.39 is 0 Å². The average Bonchev–Trinajstić information content (AvgIpc) is 2.59. The maximum absolute atomic E-state index is 12.1. The lowest BCUT2D eigenvalue weighted by Gasteiger charge is -2.27. The van der Waals surface area contributed by atoms with Crippen molar-refractivity contribution in [2.24, 2.45) is 11.8 Å². The third-order valence-electron chi connectivity index (χ3n) is 3.52. The Morgan fingerprint density at radius 3 is 2.53 bits per heavy atom. The van der Waals surface area contributed by atoms with Gasteiger partial charge in [0.25, 0.3) is 0 Å². The number of hydrogen-bond acceptors (Lipinski definition) is 3. The van der Waals surface area contributed by atoms with Gasteiger partial charge in [-0.05, 0) is 11.8 Å². The number of nitrogens with zero attached hydrogens (tertiary/aromatic N) is 1. The molecule has 86 valence electrons. The van der Waals surface area contributed by atoms with Crippen LogP contribution in [-0.2, 0) is 9.53 Å². The van der Waals surface area contributed by atoms with Gasteiger partial charge in [-0.3, -0.25) is 4.79 Å². The van der Waals surface area contributed by atoms with Crippen LogP contribution in [0.2, 0.25) is 0 Å². The van der Waals surface area contributed by atoms with Crippen LogP contribution in [0.1, 0.15) is 13.8 Å². The van der Waals surface area contributed by atoms with Crippen LogP contribution in [0.5, 0.6) is 0 Å². The van der Waals surface area contributed by atoms with E-state index in [0.717, 1.165) is 26.2 Å². The topological polar surface area (TPSA) is 41.6 Å². The fourth-order valence-electron chi connectivity index (χ4n) is 2.25. The predicted octanol–water partition coefficient (Wildman–Crippen LogP) is 0.0892. The molecule has 3 unspecified atom stereocenters. The number of likely N-dealkylation sites (tertiary alicyclic amines) is 1. The summed E-state index contributed by atoms with van der Waals surface area (Å²) in [5, 5.41) is 3.21. The second kappa shape index (κ2) is 4.49. The van der Waals surface area contributed by atoms with Crippen LogP contribution in [0, 0.1) is 11.8 Å². The second-order valence-electron chi connectivity index (χ2n) is 4.78. The first-order valence-electron chi connectivity index (χ1n) is 5.78. The number of carbonyl (C=O) groups excluding carboxylic acids is 1. The summed E-state index contributed by atoms with van der Waals surface area (Å²) in [6.07, 6.45) is 0. The number of rotatable bonds is 1. The lowest BCUT2D eigenvalue weighted by Crippen LogP contribution is -2.52. The molecule has 0 saturated carbocycles. The van der Waals surface area contributed by atoms with Gasteiger partial charge in [0, 0.05) is 19.6 Å². The lowest BCUT2D eigenvalue weighted by atomic mass is 10.0. The Morgan fingerprint density at radius 2 is 2.00 bits per heavy atom. The molecule has 3 atom stereocenters. The molecule has 4 nitrogen and oxygen atoms in total. The van der Waals surface area contributed by atoms with Crippen LogP contribution in [0.25, 0.3) is 0 Å². The minimum absolute atomic E-state index is 0.115. The Kier molecular flexibility index (Phi) is 3.26. The molecule has 1 amide bonds. The monoisotopic (exact) mass is 212 g/mol. The van der Waals surface area contributed by atoms with Gasteiger partial charge in [0.2, 0.25) is 5.91 Å². The molecular formula is C11H20N2O2. The zero-order chi connectivity index (χ0) is 10.8. The SMILES string of the molecule is CC1CN(C(=O)C2COCCN2)CC1C. The van der Waals surface area contributed by atoms with Gasteiger partial charge < -0.3 is 15.0 Å². The molecule has 15 heavy (non-hydrogen) atoms. The number of ether oxygens (including phenoxy) is 1. The summed E-state index contributed by atoms with van der Waals surface area (Å²) < 4.78 is 5.31. The van der Waals surface area contributed by atoms with Crippen LogP contribution < -0.4 is 5.32 Å². The van der Waals surface area contributed by atoms with Crippen molar-refractivity contribution in [1.82, 2.24) is 10.2 Å². The van der Waals surface area contributed by atoms with Crippen LogP contribution in [0.15, 0.2) is 0 Å². The Labute approximate surface area is 91.0 Å². The normalized spacial score (nSPS) is 36.9. The molecule has 0 aromatic carbocycles. The Morgan fingerprint density at radius 1 is 1.33 bits per heavy atom. The summed E-state index contributed by atoms with van der Waals surface area (Å²) in [5.74, 6) is 1.46. The summed E-state index contributed by atoms with van der Waals surface area (Å²) in [6, 6.07) is -0.115. The first-order chi connectivity index (χ1) is 7.18. The highest BCUT2D eigenvalue weighted by Gasteiger charge is 2.33. The van der Waals surface area contributed by atoms with E-state index in [-0.39, 0.29) is 11.9 Å². The predicted molar refractivity (Wildman–Crippen MR) is 57.5 cm³/mol. The van der Waals surface area contributed by atoms with Gasteiger partial charge in [0.15, 0.2) is 0 Å². The number of nitrogens with one attached hydrogen (secondary N) is 1. The molecule has 0 bridgehead atoms. The second-order valence-corrected chi connectivity index (χ2v) is 4.78. The molecule has 0 aromatic heterocycles. The molecule has 1 N–H and O–H groups in total. The fraction of sp³-hybridized carbons (Fsp3) is 0.909. The lowest BCUT2D eigenvalue weighted by molar-refractivity contribution is -0.135. The van der Waals surface area contributed by atoms with Crippen molar-refractivity contribution in [2.45, 2.75) is 19.9 Å². The number of carbonyl (C=O) groups is 1. The summed E-state index contributed by atoms with van der Waals surface area (Å²) in [7, 11) is 0. The number of hydrogen-bond donors (Lipinski definition) is 1. The molecule has 2 aliphatic heterocycles. The summed E-state index contributed by atoms with van der Waals surface area (Å²) in [4.78, 5) is 14.0. The van der Waals surface area contributed by atoms with Gasteiger partial charge in [-0.15, -0.1) is 0 Å². The molecule has 2 saturated heterocycles. The van der Waals surface area contributed by atoms with Crippen molar-refractivity contribution in [2.75, 3.05) is 32.8 Å². The van der Waals surface area contributed by atoms with Crippen LogP contribution in [0.3, 0.4) is 0 Å². The highest BCUT2D eigenvalue weighted by atomic mass is 16.5. The molecule has 0 spiro atoms. The van der Waals surface area contributed by atoms with E-state index in [1.54, 1.807) is 0 Å². The zero-order valence-electron chi connectivity index (χ0n) is 9.53. The standard InChI is InChI=1S/C11H20N2O2/c1-8-5-13(6-9(8)2)11(14)10-7-15-4-3-12-10/h8-10,12H,3-7H2,1-2H3. The Bertz CT molecular complexity index is 229. The van der Waals surface area contributed by atoms with E-state index in [0.29, 0.717) is 18.4 Å². The van der Waals surface area contributed by atoms with E-state index in [1.807, 2.05) is 4.90 Å². The van der Waals surface area contributed by atoms with Gasteiger partial charge in [-0.25, -0.2) is 0 Å². The van der Waals surface area contributed by atoms with Crippen molar-refractivity contribution < 1.29 is 9.53 Å². The molecule has 2 aliphatic rings. The summed E-state index contributed by atoms with van der Waals surface area (Å²) in [6.45, 7) is 8.26. The van der Waals surface area contributed by atoms with Crippen molar-refractivity contribution >= 4 is 5.91 Å². The van der Waals surface area contributed by atoms with Crippen LogP contribution in [0.4, 0.5) is 0 Å². The Balaban J connectivity index is 1.90. The van der Waals surface area contributed by atoms with Crippen molar-refractivity contribution in [3.8, 4) is 0 Å². The van der Waals surface area contributed by atoms with Gasteiger partial charge in [0.1, 0.15) is 6.04 Å². The van der Waals surface area contributed by atoms with E-state index in [9.17, 15) is 4.79 Å². The van der Waals surface area contributed by atoms with E-state index in [2.05, 4.69) is 19.2 Å². The van der Waals surface area contributed by atoms with E-state index in [4.69, 9.17) is 4.74 Å². The molecule has 0 radical (unpaired) electrons. The molecule has 2 rings (SSSR count). The first kappa shape index (κ1) is 10.9. The summed E-state index contributed by atoms with van der Waals surface area (Å²) in [5.41, 5.74) is 0. The molecule has 2 heterocycles. The van der Waals surface area contributed by atoms with Gasteiger partial charge in [0.05, 0.1) is 13.2 Å². The maximum Gasteiger partial charge on any atom is 0.242 e. The molecule has 2 fully saturated rings. The first-order valence-corrected chi connectivity index (χ1v) is 5.78. The zero-order valence-corrected chi connectivity index (χ0v) is 9.53. The van der Waals surface area contributed by atoms with E-state index >= 15 is 0 Å². The number of morpholine rings is 1. The van der Waals surface area contributed by atoms with Crippen LogP contribution >= 0.6 is 0 Å². The third kappa shape index (κ3) is 2.32. The van der Waals surface area contributed by atoms with Gasteiger partial charge >= 0.3 is 0 Å². The van der Waals surface area contributed by atoms with Gasteiger partial charge in [-0.2, -0.15) is 0 Å². The van der Waals surface area contributed by atoms with Gasteiger partial charge in [-0.1, -0.05) is 13.8 Å². The van der Waals surface area contributed by atoms with Crippen molar-refractivity contribution in [3.05, 3.63) is 0 Å². The third-order valence-corrected chi connectivity index (χ3v) is 3.52. The summed E-state index contributed by atoms with van der Waals surface area (Å²) >= 11 is 0. The van der Waals surface area contributed by atoms with Crippen molar-refractivity contribution in [3.63, 3.8) is 0 Å². The largest absolute Gasteiger partial charge is 0.378 e. The van der Waals surface area contributed by atoms with E-state index in [1.165, 1.54) is 0 Å². The quantitative estimate of drug-likeness (QED) is 0.670. The van der Waals surface area contributed by atoms with Crippen molar-refractivity contribution in [1.29, 1.82) is 0 Å². The number of amides is 1. The molecular weight excluding hydrogens is 192 g/mol. The fourth-order valence-corrected chi connectivity index (χ4v) is 2.25. The minimum Gasteiger partial charge on any atom is -0.378 e. The molecule has 4 heteroatoms. The smallest absolute Gasteiger partial charge is 0.242 e.